The third-order valence-corrected chi connectivity index (χ3v) is 5.60. The summed E-state index contributed by atoms with van der Waals surface area (Å²) in [5, 5.41) is 0. The van der Waals surface area contributed by atoms with Crippen LogP contribution < -0.4 is 0 Å². The lowest BCUT2D eigenvalue weighted by atomic mass is 10.1. The van der Waals surface area contributed by atoms with Gasteiger partial charge in [0.2, 0.25) is 10.0 Å². The Morgan fingerprint density at radius 1 is 1.24 bits per heavy atom. The predicted molar refractivity (Wildman–Crippen MR) is 68.4 cm³/mol. The second-order valence-corrected chi connectivity index (χ2v) is 6.59. The summed E-state index contributed by atoms with van der Waals surface area (Å²) in [6, 6.07) is 7.32. The largest absolute Gasteiger partial charge is 0.243 e. The van der Waals surface area contributed by atoms with E-state index in [1.165, 1.54) is 0 Å². The van der Waals surface area contributed by atoms with Crippen LogP contribution in [0.25, 0.3) is 0 Å². The van der Waals surface area contributed by atoms with Gasteiger partial charge in [-0.1, -0.05) is 24.6 Å². The zero-order chi connectivity index (χ0) is 12.5. The van der Waals surface area contributed by atoms with E-state index in [1.807, 2.05) is 26.0 Å². The van der Waals surface area contributed by atoms with E-state index in [2.05, 4.69) is 0 Å². The summed E-state index contributed by atoms with van der Waals surface area (Å²) < 4.78 is 26.7. The van der Waals surface area contributed by atoms with Crippen molar-refractivity contribution in [3.8, 4) is 0 Å². The van der Waals surface area contributed by atoms with Crippen LogP contribution in [0.1, 0.15) is 31.7 Å². The predicted octanol–water partition coefficient (Wildman–Crippen LogP) is 2.56. The fraction of sp³-hybridized carbons (Fsp3) is 0.538. The highest BCUT2D eigenvalue weighted by Crippen LogP contribution is 2.26. The van der Waals surface area contributed by atoms with Gasteiger partial charge in [0.15, 0.2) is 0 Å². The van der Waals surface area contributed by atoms with Gasteiger partial charge < -0.3 is 0 Å². The quantitative estimate of drug-likeness (QED) is 0.812. The van der Waals surface area contributed by atoms with Crippen LogP contribution in [0.2, 0.25) is 0 Å². The molecule has 0 radical (unpaired) electrons. The lowest BCUT2D eigenvalue weighted by molar-refractivity contribution is 0.268. The average Bonchev–Trinajstić information content (AvgIpc) is 2.29. The molecule has 0 saturated carbocycles. The van der Waals surface area contributed by atoms with Crippen molar-refractivity contribution < 1.29 is 8.42 Å². The minimum atomic E-state index is -3.31. The number of benzene rings is 1. The van der Waals surface area contributed by atoms with Crippen LogP contribution >= 0.6 is 0 Å². The Labute approximate surface area is 104 Å². The van der Waals surface area contributed by atoms with Crippen molar-refractivity contribution in [2.45, 2.75) is 44.0 Å². The SMILES string of the molecule is Cc1ccccc1S(=O)(=O)N1CCCC[C@@H]1C. The summed E-state index contributed by atoms with van der Waals surface area (Å²) in [5.41, 5.74) is 0.824. The molecule has 1 saturated heterocycles. The van der Waals surface area contributed by atoms with Gasteiger partial charge in [0.05, 0.1) is 4.90 Å². The Bertz CT molecular complexity index is 496. The first-order valence-electron chi connectivity index (χ1n) is 6.11. The van der Waals surface area contributed by atoms with E-state index in [4.69, 9.17) is 0 Å². The summed E-state index contributed by atoms with van der Waals surface area (Å²) in [6.45, 7) is 4.49. The molecule has 1 aromatic rings. The highest BCUT2D eigenvalue weighted by molar-refractivity contribution is 7.89. The molecule has 0 aliphatic carbocycles. The van der Waals surface area contributed by atoms with Crippen molar-refractivity contribution in [3.05, 3.63) is 29.8 Å². The fourth-order valence-corrected chi connectivity index (χ4v) is 4.33. The molecular formula is C13H19NO2S. The normalized spacial score (nSPS) is 22.6. The number of aryl methyl sites for hydroxylation is 1. The molecular weight excluding hydrogens is 234 g/mol. The van der Waals surface area contributed by atoms with Crippen molar-refractivity contribution in [1.29, 1.82) is 0 Å². The van der Waals surface area contributed by atoms with Crippen molar-refractivity contribution in [1.82, 2.24) is 4.31 Å². The van der Waals surface area contributed by atoms with Gasteiger partial charge in [-0.3, -0.25) is 0 Å². The van der Waals surface area contributed by atoms with Crippen LogP contribution in [0.15, 0.2) is 29.2 Å². The molecule has 17 heavy (non-hydrogen) atoms. The summed E-state index contributed by atoms with van der Waals surface area (Å²) in [4.78, 5) is 0.453. The second kappa shape index (κ2) is 4.78. The molecule has 0 aromatic heterocycles. The Balaban J connectivity index is 2.39. The van der Waals surface area contributed by atoms with Crippen LogP contribution in [-0.2, 0) is 10.0 Å². The molecule has 1 heterocycles. The molecule has 1 aromatic carbocycles. The molecule has 94 valence electrons. The Kier molecular flexibility index (Phi) is 3.54. The van der Waals surface area contributed by atoms with E-state index in [9.17, 15) is 8.42 Å². The molecule has 0 N–H and O–H groups in total. The second-order valence-electron chi connectivity index (χ2n) is 4.73. The van der Waals surface area contributed by atoms with Gasteiger partial charge in [0, 0.05) is 12.6 Å². The number of sulfonamides is 1. The summed E-state index contributed by atoms with van der Waals surface area (Å²) in [7, 11) is -3.31. The van der Waals surface area contributed by atoms with Gasteiger partial charge in [-0.15, -0.1) is 0 Å². The molecule has 1 fully saturated rings. The van der Waals surface area contributed by atoms with Crippen LogP contribution in [0, 0.1) is 6.92 Å². The van der Waals surface area contributed by atoms with Crippen molar-refractivity contribution in [2.75, 3.05) is 6.54 Å². The highest BCUT2D eigenvalue weighted by atomic mass is 32.2. The molecule has 0 bridgehead atoms. The molecule has 3 nitrogen and oxygen atoms in total. The highest BCUT2D eigenvalue weighted by Gasteiger charge is 2.31. The van der Waals surface area contributed by atoms with E-state index in [-0.39, 0.29) is 6.04 Å². The summed E-state index contributed by atoms with van der Waals surface area (Å²) in [5.74, 6) is 0. The smallest absolute Gasteiger partial charge is 0.207 e. The maximum absolute atomic E-state index is 12.5. The van der Waals surface area contributed by atoms with E-state index < -0.39 is 10.0 Å². The van der Waals surface area contributed by atoms with Gasteiger partial charge in [-0.2, -0.15) is 4.31 Å². The van der Waals surface area contributed by atoms with Crippen LogP contribution in [0.5, 0.6) is 0 Å². The summed E-state index contributed by atoms with van der Waals surface area (Å²) in [6.07, 6.45) is 3.06. The Morgan fingerprint density at radius 2 is 1.94 bits per heavy atom. The lowest BCUT2D eigenvalue weighted by Crippen LogP contribution is -2.42. The number of hydrogen-bond donors (Lipinski definition) is 0. The third-order valence-electron chi connectivity index (χ3n) is 3.42. The molecule has 1 aliphatic rings. The van der Waals surface area contributed by atoms with E-state index in [1.54, 1.807) is 16.4 Å². The fourth-order valence-electron chi connectivity index (χ4n) is 2.40. The number of nitrogens with zero attached hydrogens (tertiary/aromatic N) is 1. The first-order valence-corrected chi connectivity index (χ1v) is 7.55. The average molecular weight is 253 g/mol. The molecule has 1 aliphatic heterocycles. The van der Waals surface area contributed by atoms with Gasteiger partial charge >= 0.3 is 0 Å². The van der Waals surface area contributed by atoms with Gasteiger partial charge in [0.1, 0.15) is 0 Å². The topological polar surface area (TPSA) is 37.4 Å². The van der Waals surface area contributed by atoms with Crippen LogP contribution in [0.3, 0.4) is 0 Å². The van der Waals surface area contributed by atoms with E-state index in [0.717, 1.165) is 24.8 Å². The van der Waals surface area contributed by atoms with Crippen molar-refractivity contribution >= 4 is 10.0 Å². The Morgan fingerprint density at radius 3 is 2.59 bits per heavy atom. The van der Waals surface area contributed by atoms with Gasteiger partial charge in [-0.05, 0) is 38.3 Å². The van der Waals surface area contributed by atoms with E-state index in [0.29, 0.717) is 11.4 Å². The molecule has 1 atom stereocenters. The Hall–Kier alpha value is -0.870. The van der Waals surface area contributed by atoms with Crippen LogP contribution in [-0.4, -0.2) is 25.3 Å². The van der Waals surface area contributed by atoms with Gasteiger partial charge in [0.25, 0.3) is 0 Å². The maximum atomic E-state index is 12.5. The number of rotatable bonds is 2. The molecule has 2 rings (SSSR count). The zero-order valence-electron chi connectivity index (χ0n) is 10.4. The molecule has 4 heteroatoms. The molecule has 0 unspecified atom stereocenters. The zero-order valence-corrected chi connectivity index (χ0v) is 11.2. The lowest BCUT2D eigenvalue weighted by Gasteiger charge is -2.32. The van der Waals surface area contributed by atoms with Crippen LogP contribution in [0.4, 0.5) is 0 Å². The number of piperidine rings is 1. The first kappa shape index (κ1) is 12.6. The monoisotopic (exact) mass is 253 g/mol. The minimum Gasteiger partial charge on any atom is -0.207 e. The minimum absolute atomic E-state index is 0.119. The standard InChI is InChI=1S/C13H19NO2S/c1-11-7-3-4-9-13(11)17(15,16)14-10-6-5-8-12(14)2/h3-4,7,9,12H,5-6,8,10H2,1-2H3/t12-/m0/s1. The van der Waals surface area contributed by atoms with E-state index >= 15 is 0 Å². The maximum Gasteiger partial charge on any atom is 0.243 e. The number of hydrogen-bond acceptors (Lipinski definition) is 2. The third kappa shape index (κ3) is 2.38. The molecule has 0 amide bonds. The van der Waals surface area contributed by atoms with Crippen molar-refractivity contribution in [3.63, 3.8) is 0 Å². The first-order chi connectivity index (χ1) is 8.03. The molecule has 0 spiro atoms. The van der Waals surface area contributed by atoms with Gasteiger partial charge in [-0.25, -0.2) is 8.42 Å². The van der Waals surface area contributed by atoms with Crippen molar-refractivity contribution in [2.24, 2.45) is 0 Å². The summed E-state index contributed by atoms with van der Waals surface area (Å²) >= 11 is 0.